The Morgan fingerprint density at radius 1 is 0.317 bits per heavy atom. The van der Waals surface area contributed by atoms with Gasteiger partial charge < -0.3 is 20.0 Å². The van der Waals surface area contributed by atoms with E-state index in [9.17, 15) is 10.2 Å². The molecule has 0 radical (unpaired) electrons. The van der Waals surface area contributed by atoms with Crippen molar-refractivity contribution in [1.82, 2.24) is 0 Å². The third-order valence-corrected chi connectivity index (χ3v) is 12.3. The van der Waals surface area contributed by atoms with Crippen LogP contribution < -0.4 is 9.80 Å². The lowest BCUT2D eigenvalue weighted by atomic mass is 9.65. The summed E-state index contributed by atoms with van der Waals surface area (Å²) in [6, 6.07) is 68.0. The standard InChI is InChI=1S/C56H50N2O2/c1-40-6-10-42(11-7-40)44-14-22-48(23-15-44)57(52-30-34-54(59)35-31-52)50-26-18-46(19-27-50)56(38-4-3-5-39-56)47-20-28-51(29-21-47)58(53-32-36-55(60)37-33-53)49-24-16-45(17-25-49)43-12-8-41(2)9-13-43/h6-37,59-60H,3-5,38-39H2,1-2H3. The Balaban J connectivity index is 1.04. The van der Waals surface area contributed by atoms with Gasteiger partial charge in [0.25, 0.3) is 0 Å². The molecule has 4 heteroatoms. The summed E-state index contributed by atoms with van der Waals surface area (Å²) >= 11 is 0. The number of anilines is 6. The lowest BCUT2D eigenvalue weighted by Gasteiger charge is -2.39. The molecule has 0 heterocycles. The molecule has 0 amide bonds. The minimum atomic E-state index is -0.104. The van der Waals surface area contributed by atoms with Crippen molar-refractivity contribution in [1.29, 1.82) is 0 Å². The van der Waals surface area contributed by atoms with Crippen molar-refractivity contribution >= 4 is 34.1 Å². The van der Waals surface area contributed by atoms with Crippen LogP contribution in [0.5, 0.6) is 11.5 Å². The van der Waals surface area contributed by atoms with Crippen molar-refractivity contribution < 1.29 is 10.2 Å². The molecular formula is C56H50N2O2. The summed E-state index contributed by atoms with van der Waals surface area (Å²) in [6.07, 6.45) is 5.80. The summed E-state index contributed by atoms with van der Waals surface area (Å²) in [5.41, 5.74) is 16.0. The molecule has 0 saturated heterocycles. The Morgan fingerprint density at radius 3 is 0.867 bits per heavy atom. The van der Waals surface area contributed by atoms with Gasteiger partial charge in [0.05, 0.1) is 0 Å². The maximum absolute atomic E-state index is 10.2. The fourth-order valence-electron chi connectivity index (χ4n) is 8.95. The van der Waals surface area contributed by atoms with Crippen LogP contribution in [0.15, 0.2) is 194 Å². The summed E-state index contributed by atoms with van der Waals surface area (Å²) < 4.78 is 0. The van der Waals surface area contributed by atoms with Crippen molar-refractivity contribution in [2.45, 2.75) is 51.4 Å². The number of hydrogen-bond acceptors (Lipinski definition) is 4. The molecule has 1 saturated carbocycles. The number of phenolic OH excluding ortho intramolecular Hbond substituents is 2. The number of hydrogen-bond donors (Lipinski definition) is 2. The first-order chi connectivity index (χ1) is 29.3. The Bertz CT molecular complexity index is 2460. The summed E-state index contributed by atoms with van der Waals surface area (Å²) in [5.74, 6) is 0.493. The molecule has 4 nitrogen and oxygen atoms in total. The highest BCUT2D eigenvalue weighted by molar-refractivity contribution is 5.80. The SMILES string of the molecule is Cc1ccc(-c2ccc(N(c3ccc(O)cc3)c3ccc(C4(c5ccc(N(c6ccc(O)cc6)c6ccc(-c7ccc(C)cc7)cc6)cc5)CCCCC4)cc3)cc2)cc1. The monoisotopic (exact) mass is 782 g/mol. The minimum absolute atomic E-state index is 0.104. The maximum atomic E-state index is 10.2. The topological polar surface area (TPSA) is 46.9 Å². The van der Waals surface area contributed by atoms with Crippen LogP contribution in [0, 0.1) is 13.8 Å². The number of benzene rings is 8. The van der Waals surface area contributed by atoms with Gasteiger partial charge in [-0.1, -0.05) is 127 Å². The van der Waals surface area contributed by atoms with Gasteiger partial charge in [-0.3, -0.25) is 0 Å². The largest absolute Gasteiger partial charge is 0.508 e. The fourth-order valence-corrected chi connectivity index (χ4v) is 8.95. The molecule has 296 valence electrons. The first-order valence-electron chi connectivity index (χ1n) is 21.1. The molecule has 1 aliphatic rings. The van der Waals surface area contributed by atoms with Crippen LogP contribution in [-0.4, -0.2) is 10.2 Å². The smallest absolute Gasteiger partial charge is 0.115 e. The van der Waals surface area contributed by atoms with Crippen LogP contribution in [0.3, 0.4) is 0 Å². The lowest BCUT2D eigenvalue weighted by Crippen LogP contribution is -2.30. The van der Waals surface area contributed by atoms with Crippen molar-refractivity contribution in [2.75, 3.05) is 9.80 Å². The first-order valence-corrected chi connectivity index (χ1v) is 21.1. The third-order valence-electron chi connectivity index (χ3n) is 12.3. The molecule has 8 aromatic carbocycles. The average Bonchev–Trinajstić information content (AvgIpc) is 3.30. The molecule has 1 aliphatic carbocycles. The van der Waals surface area contributed by atoms with E-state index in [-0.39, 0.29) is 16.9 Å². The van der Waals surface area contributed by atoms with E-state index < -0.39 is 0 Å². The predicted octanol–water partition coefficient (Wildman–Crippen LogP) is 15.2. The van der Waals surface area contributed by atoms with E-state index in [1.807, 2.05) is 24.3 Å². The molecule has 0 spiro atoms. The number of nitrogens with zero attached hydrogens (tertiary/aromatic N) is 2. The zero-order valence-electron chi connectivity index (χ0n) is 34.3. The van der Waals surface area contributed by atoms with Crippen LogP contribution in [0.1, 0.15) is 54.4 Å². The molecule has 1 fully saturated rings. The van der Waals surface area contributed by atoms with Gasteiger partial charge in [0.2, 0.25) is 0 Å². The summed E-state index contributed by atoms with van der Waals surface area (Å²) in [5, 5.41) is 20.4. The highest BCUT2D eigenvalue weighted by Gasteiger charge is 2.36. The van der Waals surface area contributed by atoms with Crippen LogP contribution in [0.2, 0.25) is 0 Å². The summed E-state index contributed by atoms with van der Waals surface area (Å²) in [4.78, 5) is 4.52. The van der Waals surface area contributed by atoms with Gasteiger partial charge in [-0.05, 0) is 157 Å². The van der Waals surface area contributed by atoms with Crippen molar-refractivity contribution in [2.24, 2.45) is 0 Å². The van der Waals surface area contributed by atoms with Gasteiger partial charge in [-0.25, -0.2) is 0 Å². The van der Waals surface area contributed by atoms with Crippen molar-refractivity contribution in [3.63, 3.8) is 0 Å². The van der Waals surface area contributed by atoms with Gasteiger partial charge >= 0.3 is 0 Å². The zero-order valence-corrected chi connectivity index (χ0v) is 34.3. The number of phenols is 2. The van der Waals surface area contributed by atoms with E-state index in [0.29, 0.717) is 0 Å². The molecule has 8 aromatic rings. The maximum Gasteiger partial charge on any atom is 0.115 e. The molecule has 60 heavy (non-hydrogen) atoms. The lowest BCUT2D eigenvalue weighted by molar-refractivity contribution is 0.346. The van der Waals surface area contributed by atoms with E-state index in [4.69, 9.17) is 0 Å². The second-order valence-corrected chi connectivity index (χ2v) is 16.3. The van der Waals surface area contributed by atoms with E-state index in [1.165, 1.54) is 63.8 Å². The highest BCUT2D eigenvalue weighted by Crippen LogP contribution is 2.47. The van der Waals surface area contributed by atoms with E-state index >= 15 is 0 Å². The second-order valence-electron chi connectivity index (χ2n) is 16.3. The van der Waals surface area contributed by atoms with Crippen LogP contribution >= 0.6 is 0 Å². The average molecular weight is 783 g/mol. The van der Waals surface area contributed by atoms with Crippen molar-refractivity contribution in [3.05, 3.63) is 216 Å². The van der Waals surface area contributed by atoms with Crippen molar-refractivity contribution in [3.8, 4) is 33.8 Å². The fraction of sp³-hybridized carbons (Fsp3) is 0.143. The Hall–Kier alpha value is -7.04. The third kappa shape index (κ3) is 7.89. The van der Waals surface area contributed by atoms with Crippen LogP contribution in [0.25, 0.3) is 22.3 Å². The zero-order chi connectivity index (χ0) is 41.1. The molecule has 9 rings (SSSR count). The predicted molar refractivity (Wildman–Crippen MR) is 250 cm³/mol. The molecule has 0 aliphatic heterocycles. The van der Waals surface area contributed by atoms with Gasteiger partial charge in [-0.2, -0.15) is 0 Å². The van der Waals surface area contributed by atoms with Gasteiger partial charge in [0, 0.05) is 39.5 Å². The Kier molecular flexibility index (Phi) is 10.7. The summed E-state index contributed by atoms with van der Waals surface area (Å²) in [6.45, 7) is 4.23. The molecular weight excluding hydrogens is 733 g/mol. The number of aryl methyl sites for hydroxylation is 2. The Morgan fingerprint density at radius 2 is 0.567 bits per heavy atom. The molecule has 0 bridgehead atoms. The molecule has 0 atom stereocenters. The van der Waals surface area contributed by atoms with Crippen LogP contribution in [-0.2, 0) is 5.41 Å². The van der Waals surface area contributed by atoms with E-state index in [0.717, 1.165) is 47.0 Å². The first kappa shape index (κ1) is 38.5. The summed E-state index contributed by atoms with van der Waals surface area (Å²) in [7, 11) is 0. The Labute approximate surface area is 354 Å². The quantitative estimate of drug-likeness (QED) is 0.145. The highest BCUT2D eigenvalue weighted by atomic mass is 16.3. The minimum Gasteiger partial charge on any atom is -0.508 e. The van der Waals surface area contributed by atoms with Gasteiger partial charge in [0.1, 0.15) is 11.5 Å². The van der Waals surface area contributed by atoms with Gasteiger partial charge in [0.15, 0.2) is 0 Å². The molecule has 0 aromatic heterocycles. The van der Waals surface area contributed by atoms with E-state index in [1.54, 1.807) is 24.3 Å². The second kappa shape index (κ2) is 16.7. The normalized spacial score (nSPS) is 13.4. The molecule has 2 N–H and O–H groups in total. The molecule has 0 unspecified atom stereocenters. The number of aromatic hydroxyl groups is 2. The van der Waals surface area contributed by atoms with E-state index in [2.05, 4.69) is 169 Å². The van der Waals surface area contributed by atoms with Crippen LogP contribution in [0.4, 0.5) is 34.1 Å². The number of rotatable bonds is 10. The van der Waals surface area contributed by atoms with Gasteiger partial charge in [-0.15, -0.1) is 0 Å².